The molecule has 0 radical (unpaired) electrons. The highest BCUT2D eigenvalue weighted by molar-refractivity contribution is 8.14. The van der Waals surface area contributed by atoms with Crippen LogP contribution in [0.25, 0.3) is 5.57 Å². The summed E-state index contributed by atoms with van der Waals surface area (Å²) in [5.41, 5.74) is 3.65. The maximum atomic E-state index is 13.9. The number of benzene rings is 1. The van der Waals surface area contributed by atoms with Crippen molar-refractivity contribution in [3.63, 3.8) is 0 Å². The standard InChI is InChI=1S/C22H21F2N5OS/c23-15-4-2-5-16(24)19(15)21(30)28-18-11-26-20-14-12-29(22-25-8-10-31-22)9-7-13(14)3-1-6-17(20)27-18/h2,4-5,11H,1,3,6-10,12H2,(H,27,28,30). The molecule has 3 heterocycles. The molecular weight excluding hydrogens is 420 g/mol. The van der Waals surface area contributed by atoms with Crippen molar-refractivity contribution < 1.29 is 13.6 Å². The van der Waals surface area contributed by atoms with Crippen molar-refractivity contribution in [3.8, 4) is 0 Å². The van der Waals surface area contributed by atoms with Crippen molar-refractivity contribution >= 4 is 34.2 Å². The fraction of sp³-hybridized carbons (Fsp3) is 0.364. The average molecular weight is 442 g/mol. The molecule has 1 amide bonds. The number of aliphatic imine (C=N–C) groups is 1. The van der Waals surface area contributed by atoms with Crippen LogP contribution < -0.4 is 5.32 Å². The van der Waals surface area contributed by atoms with Crippen molar-refractivity contribution in [2.45, 2.75) is 25.7 Å². The third-order valence-corrected chi connectivity index (χ3v) is 6.79. The second-order valence-corrected chi connectivity index (χ2v) is 8.78. The minimum atomic E-state index is -0.912. The first-order chi connectivity index (χ1) is 15.1. The molecule has 160 valence electrons. The molecule has 1 aromatic carbocycles. The monoisotopic (exact) mass is 441 g/mol. The minimum absolute atomic E-state index is 0.193. The summed E-state index contributed by atoms with van der Waals surface area (Å²) in [5, 5.41) is 3.59. The van der Waals surface area contributed by atoms with E-state index in [1.807, 2.05) is 0 Å². The summed E-state index contributed by atoms with van der Waals surface area (Å²) in [5.74, 6) is -1.48. The van der Waals surface area contributed by atoms with E-state index in [4.69, 9.17) is 0 Å². The number of halogens is 2. The summed E-state index contributed by atoms with van der Waals surface area (Å²) >= 11 is 1.79. The number of amidine groups is 1. The molecule has 0 unspecified atom stereocenters. The van der Waals surface area contributed by atoms with E-state index in [1.54, 1.807) is 11.8 Å². The number of aryl methyl sites for hydroxylation is 1. The van der Waals surface area contributed by atoms with Gasteiger partial charge in [0.15, 0.2) is 11.0 Å². The molecule has 2 aliphatic heterocycles. The SMILES string of the molecule is O=C(Nc1cnc2c(n1)CCCC1=C2CN(C2=NCCS2)CC1)c1c(F)cccc1F. The molecule has 0 atom stereocenters. The molecule has 3 aliphatic rings. The Morgan fingerprint density at radius 2 is 2.00 bits per heavy atom. The first-order valence-corrected chi connectivity index (χ1v) is 11.3. The maximum absolute atomic E-state index is 13.9. The third kappa shape index (κ3) is 3.94. The first-order valence-electron chi connectivity index (χ1n) is 10.3. The van der Waals surface area contributed by atoms with Crippen molar-refractivity contribution in [2.24, 2.45) is 4.99 Å². The predicted octanol–water partition coefficient (Wildman–Crippen LogP) is 3.91. The van der Waals surface area contributed by atoms with Gasteiger partial charge in [0.25, 0.3) is 5.91 Å². The Kier molecular flexibility index (Phi) is 5.43. The van der Waals surface area contributed by atoms with Crippen LogP contribution in [0.4, 0.5) is 14.6 Å². The normalized spacial score (nSPS) is 18.3. The number of aromatic nitrogens is 2. The van der Waals surface area contributed by atoms with E-state index in [1.165, 1.54) is 23.4 Å². The maximum Gasteiger partial charge on any atom is 0.262 e. The van der Waals surface area contributed by atoms with E-state index >= 15 is 0 Å². The fourth-order valence-electron chi connectivity index (χ4n) is 4.28. The number of rotatable bonds is 2. The molecule has 1 aromatic heterocycles. The molecule has 0 fully saturated rings. The highest BCUT2D eigenvalue weighted by atomic mass is 32.2. The summed E-state index contributed by atoms with van der Waals surface area (Å²) in [4.78, 5) is 28.5. The van der Waals surface area contributed by atoms with E-state index < -0.39 is 23.1 Å². The zero-order valence-electron chi connectivity index (χ0n) is 16.8. The molecule has 6 nitrogen and oxygen atoms in total. The lowest BCUT2D eigenvalue weighted by molar-refractivity contribution is 0.101. The van der Waals surface area contributed by atoms with Gasteiger partial charge in [0.2, 0.25) is 0 Å². The van der Waals surface area contributed by atoms with Gasteiger partial charge < -0.3 is 10.2 Å². The van der Waals surface area contributed by atoms with E-state index in [9.17, 15) is 13.6 Å². The molecule has 2 aromatic rings. The predicted molar refractivity (Wildman–Crippen MR) is 117 cm³/mol. The van der Waals surface area contributed by atoms with Gasteiger partial charge in [0.1, 0.15) is 17.2 Å². The number of hydrogen-bond donors (Lipinski definition) is 1. The van der Waals surface area contributed by atoms with Crippen LogP contribution in [-0.2, 0) is 6.42 Å². The number of hydrogen-bond acceptors (Lipinski definition) is 6. The van der Waals surface area contributed by atoms with Gasteiger partial charge in [0, 0.05) is 18.8 Å². The van der Waals surface area contributed by atoms with Crippen LogP contribution >= 0.6 is 11.8 Å². The zero-order valence-corrected chi connectivity index (χ0v) is 17.6. The molecule has 31 heavy (non-hydrogen) atoms. The van der Waals surface area contributed by atoms with E-state index in [2.05, 4.69) is 25.2 Å². The van der Waals surface area contributed by atoms with E-state index in [-0.39, 0.29) is 5.82 Å². The van der Waals surface area contributed by atoms with Crippen LogP contribution in [0.3, 0.4) is 0 Å². The number of carbonyl (C=O) groups is 1. The number of anilines is 1. The van der Waals surface area contributed by atoms with Crippen molar-refractivity contribution in [1.29, 1.82) is 0 Å². The van der Waals surface area contributed by atoms with Gasteiger partial charge >= 0.3 is 0 Å². The quantitative estimate of drug-likeness (QED) is 0.765. The van der Waals surface area contributed by atoms with Gasteiger partial charge in [-0.25, -0.2) is 13.8 Å². The Morgan fingerprint density at radius 3 is 2.77 bits per heavy atom. The summed E-state index contributed by atoms with van der Waals surface area (Å²) in [6, 6.07) is 3.32. The Hall–Kier alpha value is -2.81. The number of carbonyl (C=O) groups excluding carboxylic acids is 1. The largest absolute Gasteiger partial charge is 0.347 e. The lowest BCUT2D eigenvalue weighted by atomic mass is 9.96. The lowest BCUT2D eigenvalue weighted by Gasteiger charge is -2.31. The third-order valence-electron chi connectivity index (χ3n) is 5.75. The summed E-state index contributed by atoms with van der Waals surface area (Å²) in [7, 11) is 0. The second-order valence-electron chi connectivity index (χ2n) is 7.72. The number of thioether (sulfide) groups is 1. The van der Waals surface area contributed by atoms with Gasteiger partial charge in [-0.05, 0) is 43.4 Å². The summed E-state index contributed by atoms with van der Waals surface area (Å²) in [6.45, 7) is 2.59. The number of nitrogens with one attached hydrogen (secondary N) is 1. The van der Waals surface area contributed by atoms with Gasteiger partial charge in [-0.1, -0.05) is 23.4 Å². The Morgan fingerprint density at radius 1 is 1.16 bits per heavy atom. The minimum Gasteiger partial charge on any atom is -0.347 e. The highest BCUT2D eigenvalue weighted by Gasteiger charge is 2.28. The van der Waals surface area contributed by atoms with Crippen molar-refractivity contribution in [1.82, 2.24) is 14.9 Å². The van der Waals surface area contributed by atoms with Gasteiger partial charge in [-0.2, -0.15) is 0 Å². The van der Waals surface area contributed by atoms with Crippen LogP contribution in [0, 0.1) is 11.6 Å². The lowest BCUT2D eigenvalue weighted by Crippen LogP contribution is -2.34. The van der Waals surface area contributed by atoms with Crippen LogP contribution in [0.2, 0.25) is 0 Å². The van der Waals surface area contributed by atoms with Crippen LogP contribution in [0.1, 0.15) is 41.0 Å². The summed E-state index contributed by atoms with van der Waals surface area (Å²) in [6.07, 6.45) is 5.15. The fourth-order valence-corrected chi connectivity index (χ4v) is 5.16. The zero-order chi connectivity index (χ0) is 21.4. The smallest absolute Gasteiger partial charge is 0.262 e. The summed E-state index contributed by atoms with van der Waals surface area (Å²) < 4.78 is 27.8. The topological polar surface area (TPSA) is 70.5 Å². The molecular formula is C22H21F2N5OS. The molecule has 1 aliphatic carbocycles. The molecule has 1 N–H and O–H groups in total. The van der Waals surface area contributed by atoms with E-state index in [0.29, 0.717) is 0 Å². The van der Waals surface area contributed by atoms with Gasteiger partial charge in [-0.3, -0.25) is 14.8 Å². The van der Waals surface area contributed by atoms with E-state index in [0.717, 1.165) is 79.8 Å². The number of fused-ring (bicyclic) bond motifs is 2. The Bertz CT molecular complexity index is 1100. The number of amides is 1. The van der Waals surface area contributed by atoms with Gasteiger partial charge in [-0.15, -0.1) is 0 Å². The van der Waals surface area contributed by atoms with Crippen LogP contribution in [-0.4, -0.2) is 51.3 Å². The van der Waals surface area contributed by atoms with Gasteiger partial charge in [0.05, 0.1) is 24.1 Å². The molecule has 0 saturated carbocycles. The van der Waals surface area contributed by atoms with Crippen molar-refractivity contribution in [3.05, 3.63) is 58.6 Å². The van der Waals surface area contributed by atoms with Crippen LogP contribution in [0.5, 0.6) is 0 Å². The average Bonchev–Trinajstić information content (AvgIpc) is 3.23. The molecule has 0 spiro atoms. The number of nitrogens with zero attached hydrogens (tertiary/aromatic N) is 4. The Balaban J connectivity index is 1.41. The Labute approximate surface area is 182 Å². The molecule has 0 saturated heterocycles. The molecule has 0 bridgehead atoms. The second kappa shape index (κ2) is 8.37. The molecule has 5 rings (SSSR count). The first kappa shape index (κ1) is 20.1. The highest BCUT2D eigenvalue weighted by Crippen LogP contribution is 2.35. The van der Waals surface area contributed by atoms with Crippen LogP contribution in [0.15, 0.2) is 35.0 Å². The molecule has 9 heteroatoms. The van der Waals surface area contributed by atoms with Crippen molar-refractivity contribution in [2.75, 3.05) is 30.7 Å².